The molecular weight excluding hydrogens is 426 g/mol. The molecule has 0 saturated carbocycles. The molecule has 0 unspecified atom stereocenters. The van der Waals surface area contributed by atoms with Crippen molar-refractivity contribution in [2.75, 3.05) is 17.0 Å². The fourth-order valence-corrected chi connectivity index (χ4v) is 4.50. The Morgan fingerprint density at radius 1 is 1.07 bits per heavy atom. The fourth-order valence-electron chi connectivity index (χ4n) is 2.79. The van der Waals surface area contributed by atoms with E-state index in [-0.39, 0.29) is 4.90 Å². The lowest BCUT2D eigenvalue weighted by Gasteiger charge is -2.17. The number of nitrogens with zero attached hydrogens (tertiary/aromatic N) is 2. The summed E-state index contributed by atoms with van der Waals surface area (Å²) in [5, 5.41) is 1.40. The molecule has 1 heterocycles. The van der Waals surface area contributed by atoms with Crippen molar-refractivity contribution in [3.63, 3.8) is 0 Å². The highest BCUT2D eigenvalue weighted by Crippen LogP contribution is 2.30. The molecule has 0 aliphatic carbocycles. The maximum absolute atomic E-state index is 12.5. The molecule has 1 aromatic heterocycles. The van der Waals surface area contributed by atoms with Gasteiger partial charge in [0.25, 0.3) is 0 Å². The van der Waals surface area contributed by atoms with Gasteiger partial charge in [-0.15, -0.1) is 0 Å². The highest BCUT2D eigenvalue weighted by atomic mass is 79.9. The zero-order chi connectivity index (χ0) is 19.3. The van der Waals surface area contributed by atoms with Crippen molar-refractivity contribution >= 4 is 48.8 Å². The van der Waals surface area contributed by atoms with Gasteiger partial charge >= 0.3 is 0 Å². The minimum absolute atomic E-state index is 0.256. The zero-order valence-corrected chi connectivity index (χ0v) is 17.2. The minimum atomic E-state index is -3.56. The van der Waals surface area contributed by atoms with Gasteiger partial charge in [-0.25, -0.2) is 18.1 Å². The molecule has 140 valence electrons. The van der Waals surface area contributed by atoms with E-state index in [0.717, 1.165) is 10.9 Å². The van der Waals surface area contributed by atoms with Gasteiger partial charge in [0.2, 0.25) is 10.0 Å². The summed E-state index contributed by atoms with van der Waals surface area (Å²) in [7, 11) is -3.56. The van der Waals surface area contributed by atoms with E-state index < -0.39 is 10.0 Å². The van der Waals surface area contributed by atoms with Crippen LogP contribution in [0.15, 0.2) is 71.8 Å². The first-order chi connectivity index (χ1) is 13.0. The third-order valence-corrected chi connectivity index (χ3v) is 6.20. The summed E-state index contributed by atoms with van der Waals surface area (Å²) >= 11 is 3.54. The van der Waals surface area contributed by atoms with E-state index in [1.807, 2.05) is 52.5 Å². The van der Waals surface area contributed by atoms with Crippen LogP contribution in [0.5, 0.6) is 0 Å². The number of pyridine rings is 1. The second-order valence-electron chi connectivity index (χ2n) is 5.84. The third-order valence-electron chi connectivity index (χ3n) is 3.97. The van der Waals surface area contributed by atoms with Crippen LogP contribution in [0.4, 0.5) is 5.82 Å². The first-order valence-electron chi connectivity index (χ1n) is 8.55. The van der Waals surface area contributed by atoms with Crippen LogP contribution in [0.25, 0.3) is 16.8 Å². The first kappa shape index (κ1) is 19.5. The lowest BCUT2D eigenvalue weighted by Crippen LogP contribution is -2.23. The topological polar surface area (TPSA) is 62.3 Å². The smallest absolute Gasteiger partial charge is 0.241 e. The highest BCUT2D eigenvalue weighted by molar-refractivity contribution is 9.10. The summed E-state index contributed by atoms with van der Waals surface area (Å²) < 4.78 is 29.3. The van der Waals surface area contributed by atoms with Crippen LogP contribution in [-0.4, -0.2) is 26.5 Å². The first-order valence-corrected chi connectivity index (χ1v) is 10.7. The molecule has 7 heteroatoms. The maximum atomic E-state index is 12.5. The lowest BCUT2D eigenvalue weighted by molar-refractivity contribution is 0.585. The summed E-state index contributed by atoms with van der Waals surface area (Å²) in [5.74, 6) is 0.666. The van der Waals surface area contributed by atoms with Crippen LogP contribution in [-0.2, 0) is 10.0 Å². The summed E-state index contributed by atoms with van der Waals surface area (Å²) in [6.45, 7) is 2.67. The predicted molar refractivity (Wildman–Crippen MR) is 114 cm³/mol. The summed E-state index contributed by atoms with van der Waals surface area (Å²) in [6, 6.07) is 17.0. The molecule has 0 bridgehead atoms. The summed E-state index contributed by atoms with van der Waals surface area (Å²) in [6.07, 6.45) is 5.67. The van der Waals surface area contributed by atoms with Crippen LogP contribution in [0.1, 0.15) is 12.5 Å². The number of sulfonamides is 1. The Morgan fingerprint density at radius 3 is 2.59 bits per heavy atom. The SMILES string of the molecule is CCNS(=O)(=O)c1cccc2c(N(Br)CC=Cc3ccccc3)nccc12. The lowest BCUT2D eigenvalue weighted by atomic mass is 10.1. The van der Waals surface area contributed by atoms with Crippen LogP contribution < -0.4 is 8.65 Å². The van der Waals surface area contributed by atoms with Crippen molar-refractivity contribution in [3.8, 4) is 0 Å². The monoisotopic (exact) mass is 445 g/mol. The number of hydrogen-bond donors (Lipinski definition) is 1. The van der Waals surface area contributed by atoms with Crippen LogP contribution >= 0.6 is 16.1 Å². The van der Waals surface area contributed by atoms with E-state index in [0.29, 0.717) is 24.3 Å². The molecule has 27 heavy (non-hydrogen) atoms. The van der Waals surface area contributed by atoms with E-state index in [4.69, 9.17) is 0 Å². The van der Waals surface area contributed by atoms with Crippen molar-refractivity contribution in [3.05, 3.63) is 72.4 Å². The number of anilines is 1. The zero-order valence-electron chi connectivity index (χ0n) is 14.8. The molecule has 0 radical (unpaired) electrons. The average Bonchev–Trinajstić information content (AvgIpc) is 2.67. The standard InChI is InChI=1S/C20H20BrN3O2S/c1-2-23-27(25,26)19-12-6-11-18-17(19)13-14-22-20(18)24(21)15-7-10-16-8-4-3-5-9-16/h3-14,23H,2,15H2,1H3. The molecule has 0 spiro atoms. The van der Waals surface area contributed by atoms with Crippen molar-refractivity contribution in [1.82, 2.24) is 9.71 Å². The van der Waals surface area contributed by atoms with Gasteiger partial charge in [-0.1, -0.05) is 61.5 Å². The van der Waals surface area contributed by atoms with E-state index >= 15 is 0 Å². The maximum Gasteiger partial charge on any atom is 0.241 e. The van der Waals surface area contributed by atoms with E-state index in [1.165, 1.54) is 0 Å². The van der Waals surface area contributed by atoms with Crippen LogP contribution in [0.3, 0.4) is 0 Å². The molecule has 0 atom stereocenters. The van der Waals surface area contributed by atoms with Gasteiger partial charge in [0.05, 0.1) is 21.0 Å². The molecule has 0 fully saturated rings. The largest absolute Gasteiger partial charge is 0.289 e. The number of benzene rings is 2. The van der Waals surface area contributed by atoms with Crippen molar-refractivity contribution in [1.29, 1.82) is 0 Å². The molecule has 1 N–H and O–H groups in total. The normalized spacial score (nSPS) is 11.9. The number of halogens is 1. The van der Waals surface area contributed by atoms with Gasteiger partial charge in [0.1, 0.15) is 5.82 Å². The summed E-state index contributed by atoms with van der Waals surface area (Å²) in [5.41, 5.74) is 1.11. The highest BCUT2D eigenvalue weighted by Gasteiger charge is 2.18. The molecule has 0 aliphatic heterocycles. The van der Waals surface area contributed by atoms with Crippen LogP contribution in [0, 0.1) is 0 Å². The Morgan fingerprint density at radius 2 is 1.85 bits per heavy atom. The Hall–Kier alpha value is -2.22. The quantitative estimate of drug-likeness (QED) is 0.548. The van der Waals surface area contributed by atoms with Crippen molar-refractivity contribution in [2.24, 2.45) is 0 Å². The molecule has 5 nitrogen and oxygen atoms in total. The van der Waals surface area contributed by atoms with Crippen LogP contribution in [0.2, 0.25) is 0 Å². The molecule has 0 amide bonds. The molecule has 0 saturated heterocycles. The van der Waals surface area contributed by atoms with Crippen molar-refractivity contribution < 1.29 is 8.42 Å². The Bertz CT molecular complexity index is 1050. The predicted octanol–water partition coefficient (Wildman–Crippen LogP) is 4.36. The number of rotatable bonds is 7. The number of aromatic nitrogens is 1. The third kappa shape index (κ3) is 4.55. The van der Waals surface area contributed by atoms with Gasteiger partial charge in [-0.05, 0) is 17.7 Å². The number of fused-ring (bicyclic) bond motifs is 1. The number of nitrogens with one attached hydrogen (secondary N) is 1. The fraction of sp³-hybridized carbons (Fsp3) is 0.150. The Labute approximate surface area is 168 Å². The molecule has 2 aromatic carbocycles. The van der Waals surface area contributed by atoms with Gasteiger partial charge in [0, 0.05) is 30.1 Å². The molecular formula is C20H20BrN3O2S. The van der Waals surface area contributed by atoms with Gasteiger partial charge in [-0.2, -0.15) is 0 Å². The van der Waals surface area contributed by atoms with E-state index in [9.17, 15) is 8.42 Å². The Kier molecular flexibility index (Phi) is 6.26. The minimum Gasteiger partial charge on any atom is -0.289 e. The molecule has 3 rings (SSSR count). The van der Waals surface area contributed by atoms with Gasteiger partial charge < -0.3 is 0 Å². The molecule has 0 aliphatic rings. The number of hydrogen-bond acceptors (Lipinski definition) is 4. The van der Waals surface area contributed by atoms with Gasteiger partial charge in [0.15, 0.2) is 0 Å². The average molecular weight is 446 g/mol. The van der Waals surface area contributed by atoms with Crippen molar-refractivity contribution in [2.45, 2.75) is 11.8 Å². The second-order valence-corrected chi connectivity index (χ2v) is 8.44. The second kappa shape index (κ2) is 8.65. The van der Waals surface area contributed by atoms with E-state index in [2.05, 4.69) is 25.9 Å². The molecule has 3 aromatic rings. The van der Waals surface area contributed by atoms with Gasteiger partial charge in [-0.3, -0.25) is 3.93 Å². The summed E-state index contributed by atoms with van der Waals surface area (Å²) in [4.78, 5) is 4.69. The van der Waals surface area contributed by atoms with E-state index in [1.54, 1.807) is 31.3 Å². The Balaban J connectivity index is 1.92.